The number of nitrogens with zero attached hydrogens (tertiary/aromatic N) is 5. The van der Waals surface area contributed by atoms with Crippen LogP contribution < -0.4 is 11.1 Å². The molecular weight excluding hydrogens is 478 g/mol. The summed E-state index contributed by atoms with van der Waals surface area (Å²) in [5.74, 6) is -2.24. The third-order valence-corrected chi connectivity index (χ3v) is 8.11. The van der Waals surface area contributed by atoms with Crippen LogP contribution in [0.15, 0.2) is 16.7 Å². The number of nitrogens with two attached hydrogens (primary N) is 1. The molecule has 0 spiro atoms. The Morgan fingerprint density at radius 3 is 2.84 bits per heavy atom. The van der Waals surface area contributed by atoms with Crippen molar-refractivity contribution in [1.29, 1.82) is 0 Å². The van der Waals surface area contributed by atoms with Gasteiger partial charge in [0.25, 0.3) is 5.91 Å². The van der Waals surface area contributed by atoms with Gasteiger partial charge in [-0.3, -0.25) is 14.4 Å². The predicted molar refractivity (Wildman–Crippen MR) is 118 cm³/mol. The third-order valence-electron chi connectivity index (χ3n) is 5.12. The molecule has 0 aromatic carbocycles. The molecule has 4 rings (SSSR count). The lowest BCUT2D eigenvalue weighted by Crippen LogP contribution is -2.73. The van der Waals surface area contributed by atoms with Crippen LogP contribution in [0.2, 0.25) is 0 Å². The molecule has 2 saturated heterocycles. The number of β-lactam (4-membered cyclic amide) rings is 1. The van der Waals surface area contributed by atoms with Crippen molar-refractivity contribution in [3.05, 3.63) is 28.0 Å². The number of thiazole rings is 1. The van der Waals surface area contributed by atoms with E-state index in [0.29, 0.717) is 0 Å². The van der Waals surface area contributed by atoms with Crippen molar-refractivity contribution in [2.75, 3.05) is 18.0 Å². The summed E-state index contributed by atoms with van der Waals surface area (Å²) < 4.78 is 3.82. The van der Waals surface area contributed by atoms with E-state index in [4.69, 9.17) is 5.73 Å². The summed E-state index contributed by atoms with van der Waals surface area (Å²) in [5, 5.41) is 24.2. The summed E-state index contributed by atoms with van der Waals surface area (Å²) in [4.78, 5) is 47.5. The summed E-state index contributed by atoms with van der Waals surface area (Å²) in [5.41, 5.74) is 6.24. The molecule has 2 amide bonds. The molecule has 0 saturated carbocycles. The van der Waals surface area contributed by atoms with Crippen LogP contribution in [-0.2, 0) is 14.4 Å². The van der Waals surface area contributed by atoms with E-state index in [1.54, 1.807) is 17.7 Å². The SMILES string of the molecule is Cc1ncsc1C=CC1(C(=O)O)CS[C@@H]2C(NC(=O)C(=NO)c3nsc(N)n3)C(=O)N2C1. The van der Waals surface area contributed by atoms with E-state index >= 15 is 0 Å². The molecule has 5 N–H and O–H groups in total. The van der Waals surface area contributed by atoms with Crippen molar-refractivity contribution >= 4 is 69.3 Å². The minimum atomic E-state index is -1.26. The van der Waals surface area contributed by atoms with Crippen molar-refractivity contribution in [2.24, 2.45) is 10.6 Å². The molecule has 2 aromatic heterocycles. The molecule has 3 atom stereocenters. The number of hydrogen-bond acceptors (Lipinski definition) is 12. The lowest BCUT2D eigenvalue weighted by Gasteiger charge is -2.53. The van der Waals surface area contributed by atoms with Crippen LogP contribution in [0.4, 0.5) is 5.13 Å². The van der Waals surface area contributed by atoms with Gasteiger partial charge in [0.1, 0.15) is 16.8 Å². The van der Waals surface area contributed by atoms with Crippen molar-refractivity contribution in [3.63, 3.8) is 0 Å². The van der Waals surface area contributed by atoms with E-state index in [-0.39, 0.29) is 23.3 Å². The first-order valence-electron chi connectivity index (χ1n) is 9.13. The van der Waals surface area contributed by atoms with Gasteiger partial charge in [-0.1, -0.05) is 11.2 Å². The number of fused-ring (bicyclic) bond motifs is 1. The summed E-state index contributed by atoms with van der Waals surface area (Å²) in [6.45, 7) is 1.81. The van der Waals surface area contributed by atoms with Crippen LogP contribution in [0.25, 0.3) is 6.08 Å². The monoisotopic (exact) mass is 495 g/mol. The first-order valence-corrected chi connectivity index (χ1v) is 11.8. The van der Waals surface area contributed by atoms with Gasteiger partial charge in [-0.05, 0) is 13.0 Å². The normalized spacial score (nSPS) is 25.5. The number of carboxylic acid groups (broad SMARTS) is 1. The van der Waals surface area contributed by atoms with Gasteiger partial charge in [0.15, 0.2) is 5.13 Å². The fraction of sp³-hybridized carbons (Fsp3) is 0.353. The number of hydrogen-bond donors (Lipinski definition) is 4. The minimum absolute atomic E-state index is 0.0231. The Bertz CT molecular complexity index is 1150. The predicted octanol–water partition coefficient (Wildman–Crippen LogP) is 0.248. The van der Waals surface area contributed by atoms with Gasteiger partial charge in [-0.15, -0.1) is 23.1 Å². The number of aromatic nitrogens is 3. The second-order valence-electron chi connectivity index (χ2n) is 7.12. The number of nitrogens with one attached hydrogen (secondary N) is 1. The van der Waals surface area contributed by atoms with Crippen LogP contribution in [0, 0.1) is 12.3 Å². The average molecular weight is 496 g/mol. The molecule has 2 aromatic rings. The molecule has 2 fully saturated rings. The van der Waals surface area contributed by atoms with E-state index in [2.05, 4.69) is 24.8 Å². The summed E-state index contributed by atoms with van der Waals surface area (Å²) in [7, 11) is 0. The molecule has 15 heteroatoms. The Hall–Kier alpha value is -3.04. The maximum absolute atomic E-state index is 12.7. The zero-order valence-electron chi connectivity index (χ0n) is 16.5. The van der Waals surface area contributed by atoms with Gasteiger partial charge in [-0.2, -0.15) is 9.36 Å². The molecule has 0 bridgehead atoms. The molecule has 12 nitrogen and oxygen atoms in total. The summed E-state index contributed by atoms with van der Waals surface area (Å²) >= 11 is 3.49. The highest BCUT2D eigenvalue weighted by atomic mass is 32.2. The largest absolute Gasteiger partial charge is 0.481 e. The number of anilines is 1. The highest BCUT2D eigenvalue weighted by Gasteiger charge is 2.57. The lowest BCUT2D eigenvalue weighted by molar-refractivity contribution is -0.155. The number of aryl methyl sites for hydroxylation is 1. The number of carboxylic acids is 1. The van der Waals surface area contributed by atoms with Gasteiger partial charge < -0.3 is 26.3 Å². The molecule has 2 aliphatic rings. The van der Waals surface area contributed by atoms with Crippen molar-refractivity contribution < 1.29 is 24.7 Å². The molecule has 4 heterocycles. The Kier molecular flexibility index (Phi) is 5.87. The van der Waals surface area contributed by atoms with Gasteiger partial charge in [0.2, 0.25) is 17.4 Å². The van der Waals surface area contributed by atoms with E-state index in [0.717, 1.165) is 22.1 Å². The molecule has 2 unspecified atom stereocenters. The number of thioether (sulfide) groups is 1. The van der Waals surface area contributed by atoms with E-state index in [1.165, 1.54) is 28.0 Å². The third kappa shape index (κ3) is 3.82. The van der Waals surface area contributed by atoms with Gasteiger partial charge >= 0.3 is 5.97 Å². The van der Waals surface area contributed by atoms with Crippen LogP contribution in [0.5, 0.6) is 0 Å². The van der Waals surface area contributed by atoms with Crippen molar-refractivity contribution in [3.8, 4) is 0 Å². The van der Waals surface area contributed by atoms with Crippen LogP contribution >= 0.6 is 34.6 Å². The average Bonchev–Trinajstić information content (AvgIpc) is 3.38. The van der Waals surface area contributed by atoms with Gasteiger partial charge in [0.05, 0.1) is 11.2 Å². The number of carbonyl (C=O) groups excluding carboxylic acids is 2. The second-order valence-corrected chi connectivity index (χ2v) is 9.90. The lowest BCUT2D eigenvalue weighted by atomic mass is 9.86. The maximum Gasteiger partial charge on any atom is 0.316 e. The highest BCUT2D eigenvalue weighted by molar-refractivity contribution is 8.00. The van der Waals surface area contributed by atoms with Gasteiger partial charge in [0, 0.05) is 28.7 Å². The quantitative estimate of drug-likeness (QED) is 0.187. The smallest absolute Gasteiger partial charge is 0.316 e. The molecule has 168 valence electrons. The first-order chi connectivity index (χ1) is 15.3. The standard InChI is InChI=1S/C17H17N7O5S3/c1-7-8(31-6-19-7)2-3-17(15(27)28)4-24-13(26)10(14(24)30-5-17)20-12(25)9(22-29)11-21-16(18)32-23-11/h2-3,6,10,14,29H,4-5H2,1H3,(H,20,25)(H,27,28)(H2,18,21,23)/t10?,14-,17?/m1/s1. The van der Waals surface area contributed by atoms with E-state index in [1.807, 2.05) is 6.92 Å². The molecule has 0 aliphatic carbocycles. The zero-order chi connectivity index (χ0) is 23.0. The molecular formula is C17H17N7O5S3. The number of aliphatic carboxylic acids is 1. The molecule has 32 heavy (non-hydrogen) atoms. The number of nitrogen functional groups attached to an aromatic ring is 1. The Balaban J connectivity index is 1.46. The Labute approximate surface area is 193 Å². The van der Waals surface area contributed by atoms with Gasteiger partial charge in [-0.25, -0.2) is 4.98 Å². The topological polar surface area (TPSA) is 184 Å². The van der Waals surface area contributed by atoms with Crippen LogP contribution in [0.3, 0.4) is 0 Å². The van der Waals surface area contributed by atoms with E-state index < -0.39 is 40.3 Å². The first kappa shape index (κ1) is 22.2. The molecule has 2 aliphatic heterocycles. The zero-order valence-corrected chi connectivity index (χ0v) is 18.9. The minimum Gasteiger partial charge on any atom is -0.481 e. The van der Waals surface area contributed by atoms with Crippen LogP contribution in [-0.4, -0.2) is 76.8 Å². The maximum atomic E-state index is 12.7. The number of amides is 2. The number of rotatable bonds is 6. The number of oxime groups is 1. The molecule has 0 radical (unpaired) electrons. The summed E-state index contributed by atoms with van der Waals surface area (Å²) in [6, 6.07) is -0.889. The summed E-state index contributed by atoms with van der Waals surface area (Å²) in [6.07, 6.45) is 3.33. The highest BCUT2D eigenvalue weighted by Crippen LogP contribution is 2.43. The van der Waals surface area contributed by atoms with E-state index in [9.17, 15) is 24.7 Å². The number of carbonyl (C=O) groups is 3. The van der Waals surface area contributed by atoms with Crippen LogP contribution in [0.1, 0.15) is 16.4 Å². The second kappa shape index (κ2) is 8.48. The Morgan fingerprint density at radius 1 is 1.47 bits per heavy atom. The fourth-order valence-electron chi connectivity index (χ4n) is 3.33. The Morgan fingerprint density at radius 2 is 2.25 bits per heavy atom. The van der Waals surface area contributed by atoms with Crippen molar-refractivity contribution in [2.45, 2.75) is 18.3 Å². The fourth-order valence-corrected chi connectivity index (χ4v) is 5.98. The van der Waals surface area contributed by atoms with Crippen molar-refractivity contribution in [1.82, 2.24) is 24.6 Å².